The van der Waals surface area contributed by atoms with Crippen molar-refractivity contribution in [2.75, 3.05) is 25.5 Å². The molecular formula is C24H24F4N6O2S. The molecule has 2 atom stereocenters. The fourth-order valence-corrected chi connectivity index (χ4v) is 5.09. The number of nitrogens with zero attached hydrogens (tertiary/aromatic N) is 4. The Bertz CT molecular complexity index is 1380. The molecule has 1 aliphatic rings. The van der Waals surface area contributed by atoms with Crippen LogP contribution in [0.5, 0.6) is 0 Å². The lowest BCUT2D eigenvalue weighted by Crippen LogP contribution is -2.46. The summed E-state index contributed by atoms with van der Waals surface area (Å²) in [6.07, 6.45) is -5.06. The second kappa shape index (κ2) is 10.1. The number of halogens is 4. The van der Waals surface area contributed by atoms with Crippen LogP contribution < -0.4 is 10.6 Å². The summed E-state index contributed by atoms with van der Waals surface area (Å²) < 4.78 is 61.6. The summed E-state index contributed by atoms with van der Waals surface area (Å²) >= 11 is 1.27. The van der Waals surface area contributed by atoms with Crippen molar-refractivity contribution in [3.8, 4) is 11.5 Å². The summed E-state index contributed by atoms with van der Waals surface area (Å²) in [5, 5.41) is 12.0. The number of carbonyl (C=O) groups excluding carboxylic acids is 1. The molecule has 1 saturated heterocycles. The highest BCUT2D eigenvalue weighted by Crippen LogP contribution is 2.35. The first kappa shape index (κ1) is 25.2. The second-order valence-corrected chi connectivity index (χ2v) is 9.91. The van der Waals surface area contributed by atoms with Crippen LogP contribution in [0.1, 0.15) is 22.0 Å². The molecule has 1 fully saturated rings. The number of thiophene rings is 1. The van der Waals surface area contributed by atoms with Crippen LogP contribution in [0.15, 0.2) is 46.3 Å². The highest BCUT2D eigenvalue weighted by molar-refractivity contribution is 7.12. The third kappa shape index (κ3) is 5.62. The van der Waals surface area contributed by atoms with Gasteiger partial charge in [0.2, 0.25) is 11.7 Å². The van der Waals surface area contributed by atoms with Gasteiger partial charge in [-0.25, -0.2) is 4.39 Å². The average molecular weight is 537 g/mol. The summed E-state index contributed by atoms with van der Waals surface area (Å²) in [7, 11) is 1.85. The smallest absolute Gasteiger partial charge is 0.379 e. The van der Waals surface area contributed by atoms with E-state index in [1.807, 2.05) is 11.9 Å². The van der Waals surface area contributed by atoms with Crippen LogP contribution in [0.25, 0.3) is 22.4 Å². The standard InChI is InChI=1S/C24H24F4N6O2S/c1-33-8-7-17(15(25)12-33)30-16-4-2-5-18-14(16)10-19(34(18)13-24(26,27)28)22-31-21(36-32-22)11-29-23(35)20-6-3-9-37-20/h2-6,9-10,15,17,30H,7-8,11-13H2,1H3,(H,29,35)/t15-,17+/m1/s1. The topological polar surface area (TPSA) is 88.2 Å². The van der Waals surface area contributed by atoms with E-state index in [-0.39, 0.29) is 36.4 Å². The van der Waals surface area contributed by atoms with Gasteiger partial charge < -0.3 is 24.6 Å². The molecular weight excluding hydrogens is 512 g/mol. The molecule has 196 valence electrons. The van der Waals surface area contributed by atoms with Crippen molar-refractivity contribution in [3.05, 3.63) is 52.5 Å². The molecule has 3 aromatic heterocycles. The van der Waals surface area contributed by atoms with Gasteiger partial charge in [-0.3, -0.25) is 4.79 Å². The number of benzene rings is 1. The molecule has 1 aliphatic heterocycles. The largest absolute Gasteiger partial charge is 0.406 e. The maximum atomic E-state index is 14.7. The van der Waals surface area contributed by atoms with E-state index in [1.54, 1.807) is 41.8 Å². The number of anilines is 1. The van der Waals surface area contributed by atoms with E-state index in [0.29, 0.717) is 34.4 Å². The molecule has 4 aromatic rings. The monoisotopic (exact) mass is 536 g/mol. The summed E-state index contributed by atoms with van der Waals surface area (Å²) in [5.41, 5.74) is 0.933. The summed E-state index contributed by atoms with van der Waals surface area (Å²) in [4.78, 5) is 18.8. The minimum atomic E-state index is -4.51. The fourth-order valence-electron chi connectivity index (χ4n) is 4.45. The molecule has 0 spiro atoms. The van der Waals surface area contributed by atoms with Gasteiger partial charge in [-0.2, -0.15) is 18.2 Å². The Labute approximate surface area is 213 Å². The Morgan fingerprint density at radius 2 is 2.11 bits per heavy atom. The predicted molar refractivity (Wildman–Crippen MR) is 131 cm³/mol. The van der Waals surface area contributed by atoms with E-state index in [2.05, 4.69) is 20.8 Å². The van der Waals surface area contributed by atoms with Crippen molar-refractivity contribution in [2.24, 2.45) is 0 Å². The molecule has 0 saturated carbocycles. The van der Waals surface area contributed by atoms with Gasteiger partial charge in [0.25, 0.3) is 5.91 Å². The van der Waals surface area contributed by atoms with Gasteiger partial charge in [0.05, 0.1) is 28.7 Å². The first-order valence-corrected chi connectivity index (χ1v) is 12.5. The van der Waals surface area contributed by atoms with E-state index >= 15 is 0 Å². The van der Waals surface area contributed by atoms with Gasteiger partial charge in [-0.05, 0) is 43.1 Å². The molecule has 0 bridgehead atoms. The fraction of sp³-hybridized carbons (Fsp3) is 0.375. The molecule has 8 nitrogen and oxygen atoms in total. The number of piperidine rings is 1. The Morgan fingerprint density at radius 1 is 1.27 bits per heavy atom. The van der Waals surface area contributed by atoms with Crippen LogP contribution >= 0.6 is 11.3 Å². The SMILES string of the molecule is CN1CC[C@H](Nc2cccc3c2cc(-c2noc(CNC(=O)c4cccs4)n2)n3CC(F)(F)F)[C@H](F)C1. The number of alkyl halides is 4. The van der Waals surface area contributed by atoms with Crippen LogP contribution in [0.3, 0.4) is 0 Å². The lowest BCUT2D eigenvalue weighted by atomic mass is 10.0. The van der Waals surface area contributed by atoms with Gasteiger partial charge in [0.15, 0.2) is 0 Å². The van der Waals surface area contributed by atoms with Crippen molar-refractivity contribution in [1.29, 1.82) is 0 Å². The third-order valence-electron chi connectivity index (χ3n) is 6.21. The second-order valence-electron chi connectivity index (χ2n) is 8.96. The Morgan fingerprint density at radius 3 is 2.84 bits per heavy atom. The summed E-state index contributed by atoms with van der Waals surface area (Å²) in [6, 6.07) is 9.41. The van der Waals surface area contributed by atoms with Crippen molar-refractivity contribution in [1.82, 2.24) is 24.9 Å². The zero-order valence-corrected chi connectivity index (χ0v) is 20.6. The third-order valence-corrected chi connectivity index (χ3v) is 7.08. The minimum Gasteiger partial charge on any atom is -0.379 e. The lowest BCUT2D eigenvalue weighted by molar-refractivity contribution is -0.139. The normalized spacial score (nSPS) is 18.8. The Kier molecular flexibility index (Phi) is 6.90. The molecule has 0 radical (unpaired) electrons. The summed E-state index contributed by atoms with van der Waals surface area (Å²) in [5.74, 6) is -0.320. The first-order chi connectivity index (χ1) is 17.7. The van der Waals surface area contributed by atoms with Gasteiger partial charge in [-0.1, -0.05) is 17.3 Å². The average Bonchev–Trinajstić information content (AvgIpc) is 3.59. The predicted octanol–water partition coefficient (Wildman–Crippen LogP) is 4.70. The zero-order chi connectivity index (χ0) is 26.2. The van der Waals surface area contributed by atoms with Crippen LogP contribution in [-0.2, 0) is 13.1 Å². The van der Waals surface area contributed by atoms with E-state index in [1.165, 1.54) is 11.3 Å². The molecule has 2 N–H and O–H groups in total. The van der Waals surface area contributed by atoms with Crippen molar-refractivity contribution >= 4 is 33.8 Å². The van der Waals surface area contributed by atoms with Gasteiger partial charge >= 0.3 is 6.18 Å². The zero-order valence-electron chi connectivity index (χ0n) is 19.8. The van der Waals surface area contributed by atoms with E-state index in [0.717, 1.165) is 4.57 Å². The van der Waals surface area contributed by atoms with Gasteiger partial charge in [-0.15, -0.1) is 11.3 Å². The molecule has 5 rings (SSSR count). The molecule has 13 heteroatoms. The van der Waals surface area contributed by atoms with E-state index < -0.39 is 24.9 Å². The van der Waals surface area contributed by atoms with E-state index in [4.69, 9.17) is 4.52 Å². The highest BCUT2D eigenvalue weighted by Gasteiger charge is 2.32. The molecule has 37 heavy (non-hydrogen) atoms. The van der Waals surface area contributed by atoms with Crippen molar-refractivity contribution < 1.29 is 26.9 Å². The maximum absolute atomic E-state index is 14.7. The minimum absolute atomic E-state index is 0.0468. The summed E-state index contributed by atoms with van der Waals surface area (Å²) in [6.45, 7) is -0.357. The van der Waals surface area contributed by atoms with Crippen LogP contribution in [-0.4, -0.2) is 64.0 Å². The van der Waals surface area contributed by atoms with Gasteiger partial charge in [0, 0.05) is 24.2 Å². The Hall–Kier alpha value is -3.45. The number of rotatable bonds is 7. The molecule has 1 amide bonds. The lowest BCUT2D eigenvalue weighted by Gasteiger charge is -2.33. The highest BCUT2D eigenvalue weighted by atomic mass is 32.1. The maximum Gasteiger partial charge on any atom is 0.406 e. The number of nitrogens with one attached hydrogen (secondary N) is 2. The van der Waals surface area contributed by atoms with Crippen molar-refractivity contribution in [3.63, 3.8) is 0 Å². The number of likely N-dealkylation sites (tertiary alicyclic amines) is 1. The first-order valence-electron chi connectivity index (χ1n) is 11.6. The van der Waals surface area contributed by atoms with Crippen LogP contribution in [0, 0.1) is 0 Å². The quantitative estimate of drug-likeness (QED) is 0.333. The molecule has 0 unspecified atom stereocenters. The van der Waals surface area contributed by atoms with Crippen molar-refractivity contribution in [2.45, 2.75) is 37.9 Å². The molecule has 0 aliphatic carbocycles. The molecule has 1 aromatic carbocycles. The number of aromatic nitrogens is 3. The number of fused-ring (bicyclic) bond motifs is 1. The van der Waals surface area contributed by atoms with E-state index in [9.17, 15) is 22.4 Å². The number of hydrogen-bond donors (Lipinski definition) is 2. The van der Waals surface area contributed by atoms with Crippen LogP contribution in [0.2, 0.25) is 0 Å². The Balaban J connectivity index is 1.45. The number of amides is 1. The van der Waals surface area contributed by atoms with Crippen LogP contribution in [0.4, 0.5) is 23.2 Å². The number of hydrogen-bond acceptors (Lipinski definition) is 7. The van der Waals surface area contributed by atoms with Gasteiger partial charge in [0.1, 0.15) is 12.7 Å². The number of carbonyl (C=O) groups is 1. The molecule has 4 heterocycles.